The second-order valence-corrected chi connectivity index (χ2v) is 10.8. The molecule has 2 heterocycles. The standard InChI is InChI=1S/C27H29N3O5/c1-15-3-4-20(25(32)34-14-21-10-24(31)30-23(28-21)5-16(2)35-30)9-22(15)29-26(33)27-11-17-6-18(12-27)8-19(7-17)13-27/h3-5,9-10,17-19H,6-8,11-14H2,1-2H3,(H,29,33). The van der Waals surface area contributed by atoms with Crippen LogP contribution in [0.5, 0.6) is 0 Å². The molecule has 1 amide bonds. The number of esters is 1. The second-order valence-electron chi connectivity index (χ2n) is 10.8. The first kappa shape index (κ1) is 22.1. The summed E-state index contributed by atoms with van der Waals surface area (Å²) in [4.78, 5) is 42.8. The molecule has 1 N–H and O–H groups in total. The molecule has 0 aliphatic heterocycles. The summed E-state index contributed by atoms with van der Waals surface area (Å²) in [5.41, 5.74) is 1.95. The molecule has 8 nitrogen and oxygen atoms in total. The highest BCUT2D eigenvalue weighted by molar-refractivity contribution is 5.98. The molecule has 35 heavy (non-hydrogen) atoms. The minimum Gasteiger partial charge on any atom is -0.456 e. The van der Waals surface area contributed by atoms with Gasteiger partial charge in [0.05, 0.1) is 16.7 Å². The Labute approximate surface area is 202 Å². The van der Waals surface area contributed by atoms with Crippen molar-refractivity contribution in [3.05, 3.63) is 63.3 Å². The van der Waals surface area contributed by atoms with Gasteiger partial charge in [-0.1, -0.05) is 6.07 Å². The van der Waals surface area contributed by atoms with Crippen LogP contribution < -0.4 is 10.9 Å². The molecule has 4 saturated carbocycles. The van der Waals surface area contributed by atoms with E-state index in [2.05, 4.69) is 10.3 Å². The van der Waals surface area contributed by atoms with Gasteiger partial charge in [-0.15, -0.1) is 4.57 Å². The van der Waals surface area contributed by atoms with Gasteiger partial charge in [0.25, 0.3) is 5.56 Å². The predicted octanol–water partition coefficient (Wildman–Crippen LogP) is 4.42. The molecule has 7 rings (SSSR count). The number of benzene rings is 1. The first-order chi connectivity index (χ1) is 16.8. The van der Waals surface area contributed by atoms with Gasteiger partial charge >= 0.3 is 5.97 Å². The molecule has 3 aromatic rings. The summed E-state index contributed by atoms with van der Waals surface area (Å²) in [6, 6.07) is 8.11. The fourth-order valence-electron chi connectivity index (χ4n) is 6.90. The third kappa shape index (κ3) is 3.94. The van der Waals surface area contributed by atoms with Crippen LogP contribution in [-0.2, 0) is 16.1 Å². The Morgan fingerprint density at radius 2 is 1.77 bits per heavy atom. The Morgan fingerprint density at radius 3 is 2.46 bits per heavy atom. The zero-order chi connectivity index (χ0) is 24.3. The van der Waals surface area contributed by atoms with Crippen molar-refractivity contribution in [3.63, 3.8) is 0 Å². The quantitative estimate of drug-likeness (QED) is 0.548. The topological polar surface area (TPSA) is 103 Å². The van der Waals surface area contributed by atoms with Gasteiger partial charge < -0.3 is 14.6 Å². The first-order valence-corrected chi connectivity index (χ1v) is 12.4. The molecular weight excluding hydrogens is 446 g/mol. The van der Waals surface area contributed by atoms with Crippen molar-refractivity contribution in [1.29, 1.82) is 0 Å². The molecule has 4 aliphatic carbocycles. The SMILES string of the molecule is Cc1cc2nc(COC(=O)c3ccc(C)c(NC(=O)C45CC6CC(CC(C6)C4)C5)c3)cc(=O)n2o1. The molecule has 0 radical (unpaired) electrons. The number of carbonyl (C=O) groups is 2. The van der Waals surface area contributed by atoms with Gasteiger partial charge in [-0.25, -0.2) is 9.78 Å². The van der Waals surface area contributed by atoms with E-state index in [1.54, 1.807) is 25.1 Å². The van der Waals surface area contributed by atoms with Crippen molar-refractivity contribution in [2.75, 3.05) is 5.32 Å². The van der Waals surface area contributed by atoms with Crippen molar-refractivity contribution in [1.82, 2.24) is 9.56 Å². The molecule has 4 aliphatic rings. The van der Waals surface area contributed by atoms with Crippen molar-refractivity contribution in [2.45, 2.75) is 59.0 Å². The number of anilines is 1. The number of aryl methyl sites for hydroxylation is 2. The summed E-state index contributed by atoms with van der Waals surface area (Å²) in [6.07, 6.45) is 6.79. The lowest BCUT2D eigenvalue weighted by Crippen LogP contribution is -2.51. The van der Waals surface area contributed by atoms with Crippen molar-refractivity contribution in [2.24, 2.45) is 23.2 Å². The van der Waals surface area contributed by atoms with Crippen LogP contribution in [-0.4, -0.2) is 21.4 Å². The molecule has 0 spiro atoms. The highest BCUT2D eigenvalue weighted by atomic mass is 16.5. The average Bonchev–Trinajstić information content (AvgIpc) is 3.19. The maximum atomic E-state index is 13.5. The van der Waals surface area contributed by atoms with Gasteiger partial charge in [0.2, 0.25) is 5.91 Å². The van der Waals surface area contributed by atoms with E-state index in [-0.39, 0.29) is 23.5 Å². The zero-order valence-corrected chi connectivity index (χ0v) is 20.0. The van der Waals surface area contributed by atoms with E-state index in [1.165, 1.54) is 25.3 Å². The fourth-order valence-corrected chi connectivity index (χ4v) is 6.90. The number of ether oxygens (including phenoxy) is 1. The van der Waals surface area contributed by atoms with Crippen LogP contribution in [0.1, 0.15) is 65.9 Å². The monoisotopic (exact) mass is 475 g/mol. The number of nitrogens with one attached hydrogen (secondary N) is 1. The van der Waals surface area contributed by atoms with E-state index in [0.717, 1.165) is 29.4 Å². The number of fused-ring (bicyclic) bond motifs is 1. The normalized spacial score (nSPS) is 26.7. The number of hydrogen-bond acceptors (Lipinski definition) is 6. The largest absolute Gasteiger partial charge is 0.456 e. The van der Waals surface area contributed by atoms with Crippen molar-refractivity contribution in [3.8, 4) is 0 Å². The van der Waals surface area contributed by atoms with Crippen molar-refractivity contribution >= 4 is 23.2 Å². The number of rotatable bonds is 5. The van der Waals surface area contributed by atoms with Gasteiger partial charge in [-0.05, 0) is 87.8 Å². The minimum absolute atomic E-state index is 0.0959. The van der Waals surface area contributed by atoms with Crippen LogP contribution in [0.25, 0.3) is 5.65 Å². The molecular formula is C27H29N3O5. The molecule has 0 atom stereocenters. The van der Waals surface area contributed by atoms with Gasteiger partial charge in [-0.3, -0.25) is 9.59 Å². The third-order valence-corrected chi connectivity index (χ3v) is 8.12. The smallest absolute Gasteiger partial charge is 0.338 e. The summed E-state index contributed by atoms with van der Waals surface area (Å²) in [6.45, 7) is 3.51. The van der Waals surface area contributed by atoms with Crippen molar-refractivity contribution < 1.29 is 18.8 Å². The Hall–Kier alpha value is -3.42. The van der Waals surface area contributed by atoms with E-state index in [9.17, 15) is 14.4 Å². The lowest BCUT2D eigenvalue weighted by molar-refractivity contribution is -0.140. The van der Waals surface area contributed by atoms with Gasteiger partial charge in [0, 0.05) is 17.8 Å². The van der Waals surface area contributed by atoms with Crippen LogP contribution in [0.2, 0.25) is 0 Å². The number of aromatic nitrogens is 2. The summed E-state index contributed by atoms with van der Waals surface area (Å²) in [7, 11) is 0. The van der Waals surface area contributed by atoms with E-state index in [0.29, 0.717) is 46.1 Å². The Kier molecular flexibility index (Phi) is 5.09. The lowest BCUT2D eigenvalue weighted by atomic mass is 9.49. The molecule has 2 aromatic heterocycles. The van der Waals surface area contributed by atoms with E-state index >= 15 is 0 Å². The highest BCUT2D eigenvalue weighted by Crippen LogP contribution is 2.60. The average molecular weight is 476 g/mol. The fraction of sp³-hybridized carbons (Fsp3) is 0.481. The van der Waals surface area contributed by atoms with E-state index < -0.39 is 5.97 Å². The number of amides is 1. The summed E-state index contributed by atoms with van der Waals surface area (Å²) in [5.74, 6) is 2.16. The molecule has 4 bridgehead atoms. The third-order valence-electron chi connectivity index (χ3n) is 8.12. The lowest BCUT2D eigenvalue weighted by Gasteiger charge is -2.55. The number of carbonyl (C=O) groups excluding carboxylic acids is 2. The van der Waals surface area contributed by atoms with Crippen LogP contribution >= 0.6 is 0 Å². The molecule has 182 valence electrons. The van der Waals surface area contributed by atoms with Gasteiger partial charge in [0.15, 0.2) is 5.65 Å². The minimum atomic E-state index is -0.541. The Balaban J connectivity index is 1.16. The van der Waals surface area contributed by atoms with Crippen LogP contribution in [0.4, 0.5) is 5.69 Å². The molecule has 4 fully saturated rings. The summed E-state index contributed by atoms with van der Waals surface area (Å²) < 4.78 is 11.8. The first-order valence-electron chi connectivity index (χ1n) is 12.4. The Bertz CT molecular complexity index is 1370. The van der Waals surface area contributed by atoms with Gasteiger partial charge in [0.1, 0.15) is 12.4 Å². The predicted molar refractivity (Wildman–Crippen MR) is 128 cm³/mol. The number of hydrogen-bond donors (Lipinski definition) is 1. The maximum absolute atomic E-state index is 13.5. The molecule has 0 unspecified atom stereocenters. The van der Waals surface area contributed by atoms with Crippen LogP contribution in [0, 0.1) is 37.0 Å². The van der Waals surface area contributed by atoms with Crippen LogP contribution in [0.15, 0.2) is 39.6 Å². The molecule has 8 heteroatoms. The molecule has 0 saturated heterocycles. The van der Waals surface area contributed by atoms with E-state index in [4.69, 9.17) is 9.26 Å². The summed E-state index contributed by atoms with van der Waals surface area (Å²) >= 11 is 0. The summed E-state index contributed by atoms with van der Waals surface area (Å²) in [5, 5.41) is 3.15. The molecule has 1 aromatic carbocycles. The highest BCUT2D eigenvalue weighted by Gasteiger charge is 2.54. The second kappa shape index (κ2) is 8.07. The van der Waals surface area contributed by atoms with E-state index in [1.807, 2.05) is 13.0 Å². The maximum Gasteiger partial charge on any atom is 0.338 e. The van der Waals surface area contributed by atoms with Crippen LogP contribution in [0.3, 0.4) is 0 Å². The zero-order valence-electron chi connectivity index (χ0n) is 20.0. The van der Waals surface area contributed by atoms with Gasteiger partial charge in [-0.2, -0.15) is 0 Å². The Morgan fingerprint density at radius 1 is 1.09 bits per heavy atom. The number of nitrogens with zero attached hydrogens (tertiary/aromatic N) is 2.